The van der Waals surface area contributed by atoms with Gasteiger partial charge in [-0.05, 0) is 50.4 Å². The molecule has 1 saturated carbocycles. The number of hydrogen-bond acceptors (Lipinski definition) is 2. The van der Waals surface area contributed by atoms with Gasteiger partial charge in [0.2, 0.25) is 0 Å². The summed E-state index contributed by atoms with van der Waals surface area (Å²) in [5.41, 5.74) is 0. The molecule has 2 nitrogen and oxygen atoms in total. The normalized spacial score (nSPS) is 32.1. The van der Waals surface area contributed by atoms with Gasteiger partial charge in [-0.1, -0.05) is 20.3 Å². The quantitative estimate of drug-likeness (QED) is 0.682. The van der Waals surface area contributed by atoms with Gasteiger partial charge < -0.3 is 4.74 Å². The summed E-state index contributed by atoms with van der Waals surface area (Å²) in [7, 11) is 0. The van der Waals surface area contributed by atoms with Gasteiger partial charge in [0, 0.05) is 6.92 Å². The topological polar surface area (TPSA) is 26.3 Å². The summed E-state index contributed by atoms with van der Waals surface area (Å²) in [4.78, 5) is 10.8. The summed E-state index contributed by atoms with van der Waals surface area (Å²) in [6.07, 6.45) is 6.41. The minimum Gasteiger partial charge on any atom is -0.463 e. The van der Waals surface area contributed by atoms with Crippen molar-refractivity contribution in [1.82, 2.24) is 0 Å². The van der Waals surface area contributed by atoms with Crippen LogP contribution in [0.3, 0.4) is 0 Å². The molecule has 1 aliphatic carbocycles. The molecular weight excluding hydrogens is 200 g/mol. The smallest absolute Gasteiger partial charge is 0.302 e. The molecule has 0 amide bonds. The van der Waals surface area contributed by atoms with Gasteiger partial charge in [0.25, 0.3) is 0 Å². The minimum absolute atomic E-state index is 0.0871. The van der Waals surface area contributed by atoms with Crippen molar-refractivity contribution in [3.05, 3.63) is 0 Å². The zero-order valence-electron chi connectivity index (χ0n) is 11.2. The SMILES string of the molecule is CC(=O)O[C@H](C)CC[C@H]1CC[C@H](C)C[C@H]1C. The van der Waals surface area contributed by atoms with Crippen molar-refractivity contribution in [2.45, 2.75) is 65.9 Å². The van der Waals surface area contributed by atoms with Crippen LogP contribution in [0.1, 0.15) is 59.8 Å². The Labute approximate surface area is 99.8 Å². The van der Waals surface area contributed by atoms with E-state index >= 15 is 0 Å². The van der Waals surface area contributed by atoms with Crippen molar-refractivity contribution in [3.63, 3.8) is 0 Å². The minimum atomic E-state index is -0.155. The fourth-order valence-corrected chi connectivity index (χ4v) is 2.95. The van der Waals surface area contributed by atoms with Crippen molar-refractivity contribution >= 4 is 5.97 Å². The predicted molar refractivity (Wildman–Crippen MR) is 66.1 cm³/mol. The first-order chi connectivity index (χ1) is 7.49. The van der Waals surface area contributed by atoms with Crippen molar-refractivity contribution in [3.8, 4) is 0 Å². The van der Waals surface area contributed by atoms with E-state index in [9.17, 15) is 4.79 Å². The van der Waals surface area contributed by atoms with Gasteiger partial charge >= 0.3 is 5.97 Å². The average molecular weight is 226 g/mol. The molecule has 0 saturated heterocycles. The molecule has 0 aliphatic heterocycles. The highest BCUT2D eigenvalue weighted by Gasteiger charge is 2.25. The molecule has 1 aliphatic rings. The predicted octanol–water partition coefficient (Wildman–Crippen LogP) is 3.79. The fraction of sp³-hybridized carbons (Fsp3) is 0.929. The van der Waals surface area contributed by atoms with E-state index in [1.807, 2.05) is 6.92 Å². The maximum absolute atomic E-state index is 10.8. The third-order valence-corrected chi connectivity index (χ3v) is 3.92. The van der Waals surface area contributed by atoms with Gasteiger partial charge in [-0.15, -0.1) is 0 Å². The number of ether oxygens (including phenoxy) is 1. The zero-order valence-corrected chi connectivity index (χ0v) is 11.2. The molecule has 0 aromatic rings. The van der Waals surface area contributed by atoms with Crippen LogP contribution in [0.2, 0.25) is 0 Å². The molecule has 0 heterocycles. The highest BCUT2D eigenvalue weighted by Crippen LogP contribution is 2.36. The Morgan fingerprint density at radius 3 is 2.62 bits per heavy atom. The molecule has 16 heavy (non-hydrogen) atoms. The molecular formula is C14H26O2. The molecule has 0 unspecified atom stereocenters. The molecule has 0 N–H and O–H groups in total. The Bertz CT molecular complexity index is 225. The van der Waals surface area contributed by atoms with Crippen LogP contribution in [-0.2, 0) is 9.53 Å². The molecule has 94 valence electrons. The number of hydrogen-bond donors (Lipinski definition) is 0. The summed E-state index contributed by atoms with van der Waals surface area (Å²) in [5.74, 6) is 2.43. The molecule has 1 fully saturated rings. The van der Waals surface area contributed by atoms with E-state index in [0.717, 1.165) is 24.2 Å². The summed E-state index contributed by atoms with van der Waals surface area (Å²) in [6, 6.07) is 0. The van der Waals surface area contributed by atoms with Crippen LogP contribution in [0.5, 0.6) is 0 Å². The van der Waals surface area contributed by atoms with E-state index < -0.39 is 0 Å². The first-order valence-corrected chi connectivity index (χ1v) is 6.66. The molecule has 2 heteroatoms. The summed E-state index contributed by atoms with van der Waals surface area (Å²) in [6.45, 7) is 8.21. The van der Waals surface area contributed by atoms with Gasteiger partial charge in [0.05, 0.1) is 6.10 Å². The van der Waals surface area contributed by atoms with Crippen LogP contribution in [0, 0.1) is 17.8 Å². The Balaban J connectivity index is 2.24. The summed E-state index contributed by atoms with van der Waals surface area (Å²) < 4.78 is 5.16. The standard InChI is InChI=1S/C14H26O2/c1-10-5-7-14(11(2)9-10)8-6-12(3)16-13(4)15/h10-12,14H,5-9H2,1-4H3/t10-,11+,12+,14+/m0/s1. The van der Waals surface area contributed by atoms with E-state index in [1.165, 1.54) is 32.6 Å². The van der Waals surface area contributed by atoms with Gasteiger partial charge in [0.1, 0.15) is 0 Å². The first-order valence-electron chi connectivity index (χ1n) is 6.66. The zero-order chi connectivity index (χ0) is 12.1. The lowest BCUT2D eigenvalue weighted by Crippen LogP contribution is -2.23. The van der Waals surface area contributed by atoms with Crippen LogP contribution >= 0.6 is 0 Å². The third kappa shape index (κ3) is 4.54. The summed E-state index contributed by atoms with van der Waals surface area (Å²) in [5, 5.41) is 0. The van der Waals surface area contributed by atoms with E-state index in [0.29, 0.717) is 0 Å². The molecule has 0 spiro atoms. The molecule has 4 atom stereocenters. The highest BCUT2D eigenvalue weighted by molar-refractivity contribution is 5.66. The second-order valence-electron chi connectivity index (χ2n) is 5.65. The number of carbonyl (C=O) groups excluding carboxylic acids is 1. The summed E-state index contributed by atoms with van der Waals surface area (Å²) >= 11 is 0. The van der Waals surface area contributed by atoms with E-state index in [1.54, 1.807) is 0 Å². The lowest BCUT2D eigenvalue weighted by molar-refractivity contribution is -0.145. The van der Waals surface area contributed by atoms with E-state index in [2.05, 4.69) is 13.8 Å². The largest absolute Gasteiger partial charge is 0.463 e. The van der Waals surface area contributed by atoms with Crippen LogP contribution < -0.4 is 0 Å². The lowest BCUT2D eigenvalue weighted by atomic mass is 9.73. The Hall–Kier alpha value is -0.530. The van der Waals surface area contributed by atoms with Crippen LogP contribution in [-0.4, -0.2) is 12.1 Å². The second-order valence-corrected chi connectivity index (χ2v) is 5.65. The van der Waals surface area contributed by atoms with Gasteiger partial charge in [-0.3, -0.25) is 4.79 Å². The Morgan fingerprint density at radius 1 is 1.38 bits per heavy atom. The molecule has 0 aromatic carbocycles. The lowest BCUT2D eigenvalue weighted by Gasteiger charge is -2.33. The van der Waals surface area contributed by atoms with Crippen LogP contribution in [0.25, 0.3) is 0 Å². The Kier molecular flexibility index (Phi) is 5.30. The first kappa shape index (κ1) is 13.5. The van der Waals surface area contributed by atoms with Gasteiger partial charge in [0.15, 0.2) is 0 Å². The van der Waals surface area contributed by atoms with Crippen molar-refractivity contribution in [2.75, 3.05) is 0 Å². The molecule has 1 rings (SSSR count). The second kappa shape index (κ2) is 6.27. The highest BCUT2D eigenvalue weighted by atomic mass is 16.5. The maximum atomic E-state index is 10.8. The van der Waals surface area contributed by atoms with E-state index in [-0.39, 0.29) is 12.1 Å². The monoisotopic (exact) mass is 226 g/mol. The average Bonchev–Trinajstić information content (AvgIpc) is 2.15. The van der Waals surface area contributed by atoms with Crippen LogP contribution in [0.4, 0.5) is 0 Å². The van der Waals surface area contributed by atoms with Gasteiger partial charge in [-0.25, -0.2) is 0 Å². The maximum Gasteiger partial charge on any atom is 0.302 e. The third-order valence-electron chi connectivity index (χ3n) is 3.92. The van der Waals surface area contributed by atoms with Crippen LogP contribution in [0.15, 0.2) is 0 Å². The number of rotatable bonds is 4. The van der Waals surface area contributed by atoms with Crippen molar-refractivity contribution in [2.24, 2.45) is 17.8 Å². The van der Waals surface area contributed by atoms with E-state index in [4.69, 9.17) is 4.74 Å². The van der Waals surface area contributed by atoms with Crippen molar-refractivity contribution in [1.29, 1.82) is 0 Å². The number of esters is 1. The van der Waals surface area contributed by atoms with Crippen molar-refractivity contribution < 1.29 is 9.53 Å². The molecule has 0 radical (unpaired) electrons. The molecule has 0 bridgehead atoms. The van der Waals surface area contributed by atoms with Gasteiger partial charge in [-0.2, -0.15) is 0 Å². The number of carbonyl (C=O) groups is 1. The Morgan fingerprint density at radius 2 is 2.06 bits per heavy atom. The fourth-order valence-electron chi connectivity index (χ4n) is 2.95. The molecule has 0 aromatic heterocycles.